The van der Waals surface area contributed by atoms with E-state index in [2.05, 4.69) is 20.3 Å². The van der Waals surface area contributed by atoms with Crippen LogP contribution in [0.25, 0.3) is 11.2 Å². The molecule has 2 aliphatic heterocycles. The highest BCUT2D eigenvalue weighted by Crippen LogP contribution is 2.48. The number of imide groups is 1. The summed E-state index contributed by atoms with van der Waals surface area (Å²) in [4.78, 5) is 73.2. The Hall–Kier alpha value is -4.14. The lowest BCUT2D eigenvalue weighted by Gasteiger charge is -2.38. The van der Waals surface area contributed by atoms with E-state index in [1.165, 1.54) is 17.8 Å². The minimum atomic E-state index is -2.00. The number of nitrogens with zero attached hydrogens (tertiary/aromatic N) is 4. The van der Waals surface area contributed by atoms with Crippen molar-refractivity contribution in [2.24, 2.45) is 5.92 Å². The Bertz CT molecular complexity index is 1230. The SMILES string of the molecule is CC(=O)OC[C@H]1O[C@@]([C@H]2CC(=O)NC2=O)(n2cnc3c(N)ncnc32)[C@H](OC(C)=O)[C@@H]1OC(C)=O. The predicted molar refractivity (Wildman–Crippen MR) is 112 cm³/mol. The molecule has 0 unspecified atom stereocenters. The van der Waals surface area contributed by atoms with Crippen LogP contribution in [0, 0.1) is 5.92 Å². The van der Waals surface area contributed by atoms with Gasteiger partial charge in [0.1, 0.15) is 24.6 Å². The van der Waals surface area contributed by atoms with Crippen molar-refractivity contribution in [3.05, 3.63) is 12.7 Å². The van der Waals surface area contributed by atoms with Crippen LogP contribution in [-0.4, -0.2) is 74.2 Å². The molecule has 0 aromatic carbocycles. The molecule has 5 atom stereocenters. The third-order valence-electron chi connectivity index (χ3n) is 5.66. The average Bonchev–Trinajstić information content (AvgIpc) is 3.42. The zero-order valence-corrected chi connectivity index (χ0v) is 18.9. The van der Waals surface area contributed by atoms with Gasteiger partial charge in [0, 0.05) is 27.2 Å². The zero-order valence-electron chi connectivity index (χ0n) is 18.9. The van der Waals surface area contributed by atoms with E-state index < -0.39 is 66.3 Å². The summed E-state index contributed by atoms with van der Waals surface area (Å²) in [5.41, 5.74) is 4.16. The molecular formula is C20H22N6O9. The normalized spacial score (nSPS) is 28.1. The van der Waals surface area contributed by atoms with Gasteiger partial charge in [0.2, 0.25) is 17.5 Å². The largest absolute Gasteiger partial charge is 0.463 e. The summed E-state index contributed by atoms with van der Waals surface area (Å²) in [6, 6.07) is 0. The van der Waals surface area contributed by atoms with E-state index in [4.69, 9.17) is 24.7 Å². The van der Waals surface area contributed by atoms with Crippen LogP contribution in [0.3, 0.4) is 0 Å². The number of amides is 2. The van der Waals surface area contributed by atoms with Gasteiger partial charge >= 0.3 is 17.9 Å². The highest BCUT2D eigenvalue weighted by molar-refractivity contribution is 6.04. The molecule has 2 aliphatic rings. The Labute approximate surface area is 197 Å². The minimum Gasteiger partial charge on any atom is -0.463 e. The van der Waals surface area contributed by atoms with Gasteiger partial charge in [-0.05, 0) is 0 Å². The van der Waals surface area contributed by atoms with Crippen LogP contribution in [0.2, 0.25) is 0 Å². The molecule has 186 valence electrons. The van der Waals surface area contributed by atoms with Gasteiger partial charge in [0.15, 0.2) is 23.7 Å². The summed E-state index contributed by atoms with van der Waals surface area (Å²) in [6.45, 7) is 2.98. The number of hydrogen-bond acceptors (Lipinski definition) is 13. The van der Waals surface area contributed by atoms with Crippen molar-refractivity contribution in [1.82, 2.24) is 24.8 Å². The molecule has 0 spiro atoms. The number of nitrogens with two attached hydrogens (primary N) is 1. The van der Waals surface area contributed by atoms with Gasteiger partial charge in [0.25, 0.3) is 0 Å². The lowest BCUT2D eigenvalue weighted by atomic mass is 9.87. The molecule has 2 amide bonds. The van der Waals surface area contributed by atoms with Gasteiger partial charge in [-0.1, -0.05) is 0 Å². The number of hydrogen-bond donors (Lipinski definition) is 2. The number of rotatable bonds is 6. The second-order valence-electron chi connectivity index (χ2n) is 8.03. The van der Waals surface area contributed by atoms with Crippen LogP contribution in [0.1, 0.15) is 27.2 Å². The molecule has 0 radical (unpaired) electrons. The highest BCUT2D eigenvalue weighted by Gasteiger charge is 2.67. The number of anilines is 1. The van der Waals surface area contributed by atoms with Crippen LogP contribution < -0.4 is 11.1 Å². The molecule has 2 fully saturated rings. The quantitative estimate of drug-likeness (QED) is 0.270. The van der Waals surface area contributed by atoms with Gasteiger partial charge in [-0.15, -0.1) is 0 Å². The highest BCUT2D eigenvalue weighted by atomic mass is 16.7. The first kappa shape index (κ1) is 24.0. The zero-order chi connectivity index (χ0) is 25.5. The molecular weight excluding hydrogens is 468 g/mol. The Balaban J connectivity index is 1.98. The molecule has 4 rings (SSSR count). The first-order chi connectivity index (χ1) is 16.5. The van der Waals surface area contributed by atoms with Crippen LogP contribution in [-0.2, 0) is 48.6 Å². The predicted octanol–water partition coefficient (Wildman–Crippen LogP) is -1.45. The number of fused-ring (bicyclic) bond motifs is 1. The van der Waals surface area contributed by atoms with Crippen molar-refractivity contribution in [1.29, 1.82) is 0 Å². The summed E-state index contributed by atoms with van der Waals surface area (Å²) in [5.74, 6) is -4.80. The maximum Gasteiger partial charge on any atom is 0.303 e. The van der Waals surface area contributed by atoms with Crippen molar-refractivity contribution < 1.29 is 42.9 Å². The van der Waals surface area contributed by atoms with Crippen LogP contribution >= 0.6 is 0 Å². The maximum atomic E-state index is 13.0. The summed E-state index contributed by atoms with van der Waals surface area (Å²) in [5, 5.41) is 2.20. The molecule has 0 saturated carbocycles. The molecule has 15 nitrogen and oxygen atoms in total. The number of esters is 3. The fraction of sp³-hybridized carbons (Fsp3) is 0.500. The van der Waals surface area contributed by atoms with Crippen molar-refractivity contribution >= 4 is 46.7 Å². The molecule has 0 aliphatic carbocycles. The molecule has 2 aromatic rings. The summed E-state index contributed by atoms with van der Waals surface area (Å²) in [6.07, 6.45) is -1.99. The lowest BCUT2D eigenvalue weighted by Crippen LogP contribution is -2.55. The number of nitrogen functional groups attached to an aromatic ring is 1. The first-order valence-electron chi connectivity index (χ1n) is 10.5. The van der Waals surface area contributed by atoms with Crippen molar-refractivity contribution in [3.63, 3.8) is 0 Å². The van der Waals surface area contributed by atoms with E-state index in [-0.39, 0.29) is 23.4 Å². The third-order valence-corrected chi connectivity index (χ3v) is 5.66. The van der Waals surface area contributed by atoms with Crippen LogP contribution in [0.4, 0.5) is 5.82 Å². The van der Waals surface area contributed by atoms with E-state index in [1.807, 2.05) is 0 Å². The van der Waals surface area contributed by atoms with Gasteiger partial charge in [-0.25, -0.2) is 15.0 Å². The van der Waals surface area contributed by atoms with Crippen molar-refractivity contribution in [2.45, 2.75) is 51.2 Å². The smallest absolute Gasteiger partial charge is 0.303 e. The Morgan fingerprint density at radius 1 is 1.14 bits per heavy atom. The van der Waals surface area contributed by atoms with Crippen molar-refractivity contribution in [3.8, 4) is 0 Å². The average molecular weight is 490 g/mol. The maximum absolute atomic E-state index is 13.0. The second-order valence-corrected chi connectivity index (χ2v) is 8.03. The standard InChI is InChI=1S/C20H22N6O9/c1-8(27)32-5-12-15(33-9(2)28)16(34-10(3)29)20(35-12,11-4-13(30)25-19(11)31)26-7-24-14-17(21)22-6-23-18(14)26/h6-7,11-12,15-16H,4-5H2,1-3H3,(H2,21,22,23)(H,25,30,31)/t11-,12+,15+,16+,20+/m0/s1. The second kappa shape index (κ2) is 8.90. The van der Waals surface area contributed by atoms with Gasteiger partial charge < -0.3 is 24.7 Å². The monoisotopic (exact) mass is 490 g/mol. The molecule has 2 aromatic heterocycles. The van der Waals surface area contributed by atoms with E-state index in [0.29, 0.717) is 0 Å². The molecule has 4 heterocycles. The number of carbonyl (C=O) groups excluding carboxylic acids is 5. The van der Waals surface area contributed by atoms with Crippen molar-refractivity contribution in [2.75, 3.05) is 12.3 Å². The molecule has 2 saturated heterocycles. The molecule has 35 heavy (non-hydrogen) atoms. The van der Waals surface area contributed by atoms with Gasteiger partial charge in [-0.3, -0.25) is 33.9 Å². The lowest BCUT2D eigenvalue weighted by molar-refractivity contribution is -0.200. The molecule has 15 heteroatoms. The third kappa shape index (κ3) is 4.14. The van der Waals surface area contributed by atoms with E-state index in [1.54, 1.807) is 0 Å². The first-order valence-corrected chi connectivity index (χ1v) is 10.5. The number of aromatic nitrogens is 4. The Kier molecular flexibility index (Phi) is 6.10. The number of imidazole rings is 1. The number of carbonyl (C=O) groups is 5. The fourth-order valence-corrected chi connectivity index (χ4v) is 4.43. The van der Waals surface area contributed by atoms with Gasteiger partial charge in [0.05, 0.1) is 12.2 Å². The van der Waals surface area contributed by atoms with Crippen LogP contribution in [0.15, 0.2) is 12.7 Å². The summed E-state index contributed by atoms with van der Waals surface area (Å²) in [7, 11) is 0. The van der Waals surface area contributed by atoms with E-state index in [0.717, 1.165) is 20.2 Å². The number of ether oxygens (including phenoxy) is 4. The summed E-state index contributed by atoms with van der Waals surface area (Å²) < 4.78 is 23.7. The van der Waals surface area contributed by atoms with Gasteiger partial charge in [-0.2, -0.15) is 0 Å². The summed E-state index contributed by atoms with van der Waals surface area (Å²) >= 11 is 0. The van der Waals surface area contributed by atoms with E-state index >= 15 is 0 Å². The Morgan fingerprint density at radius 3 is 2.46 bits per heavy atom. The number of nitrogens with one attached hydrogen (secondary N) is 1. The molecule has 0 bridgehead atoms. The van der Waals surface area contributed by atoms with E-state index in [9.17, 15) is 24.0 Å². The Morgan fingerprint density at radius 2 is 1.86 bits per heavy atom. The molecule has 3 N–H and O–H groups in total. The topological polar surface area (TPSA) is 204 Å². The fourth-order valence-electron chi connectivity index (χ4n) is 4.43. The van der Waals surface area contributed by atoms with Crippen LogP contribution in [0.5, 0.6) is 0 Å². The minimum absolute atomic E-state index is 0.0193.